The van der Waals surface area contributed by atoms with Gasteiger partial charge in [-0.3, -0.25) is 0 Å². The highest BCUT2D eigenvalue weighted by atomic mass is 32.2. The van der Waals surface area contributed by atoms with Crippen LogP contribution < -0.4 is 4.90 Å². The van der Waals surface area contributed by atoms with E-state index in [1.54, 1.807) is 0 Å². The number of hydrogen-bond acceptors (Lipinski definition) is 2. The summed E-state index contributed by atoms with van der Waals surface area (Å²) >= 11 is 1.93. The second kappa shape index (κ2) is 7.42. The van der Waals surface area contributed by atoms with Gasteiger partial charge in [0.1, 0.15) is 0 Å². The zero-order chi connectivity index (χ0) is 25.8. The van der Waals surface area contributed by atoms with E-state index in [0.717, 1.165) is 0 Å². The highest BCUT2D eigenvalue weighted by Crippen LogP contribution is 2.66. The van der Waals surface area contributed by atoms with Crippen LogP contribution in [-0.4, -0.2) is 0 Å². The number of para-hydroxylation sites is 2. The topological polar surface area (TPSA) is 3.24 Å². The highest BCUT2D eigenvalue weighted by molar-refractivity contribution is 7.99. The van der Waals surface area contributed by atoms with Crippen molar-refractivity contribution in [1.29, 1.82) is 0 Å². The molecule has 0 unspecified atom stereocenters. The average molecular weight is 508 g/mol. The minimum absolute atomic E-state index is 0.121. The zero-order valence-corrected chi connectivity index (χ0v) is 23.0. The average Bonchev–Trinajstić information content (AvgIpc) is 2.94. The molecule has 0 saturated heterocycles. The first kappa shape index (κ1) is 22.3. The molecule has 0 bridgehead atoms. The Kier molecular flexibility index (Phi) is 4.35. The third-order valence-electron chi connectivity index (χ3n) is 9.01. The van der Waals surface area contributed by atoms with Crippen LogP contribution in [0.5, 0.6) is 0 Å². The van der Waals surface area contributed by atoms with Crippen molar-refractivity contribution in [2.45, 2.75) is 48.3 Å². The largest absolute Gasteiger partial charge is 0.307 e. The van der Waals surface area contributed by atoms with Gasteiger partial charge in [0, 0.05) is 20.6 Å². The monoisotopic (exact) mass is 507 g/mol. The molecule has 5 aromatic carbocycles. The number of hydrogen-bond donors (Lipinski definition) is 0. The van der Waals surface area contributed by atoms with Crippen molar-refractivity contribution >= 4 is 28.8 Å². The molecule has 0 N–H and O–H groups in total. The number of nitrogens with zero attached hydrogens (tertiary/aromatic N) is 1. The van der Waals surface area contributed by atoms with Crippen LogP contribution in [0.1, 0.15) is 49.9 Å². The Labute approximate surface area is 229 Å². The van der Waals surface area contributed by atoms with Crippen molar-refractivity contribution in [2.24, 2.45) is 0 Å². The summed E-state index contributed by atoms with van der Waals surface area (Å²) in [5.74, 6) is 0. The van der Waals surface area contributed by atoms with Crippen LogP contribution in [0, 0.1) is 0 Å². The van der Waals surface area contributed by atoms with E-state index >= 15 is 0 Å². The van der Waals surface area contributed by atoms with Gasteiger partial charge < -0.3 is 4.90 Å². The van der Waals surface area contributed by atoms with Crippen LogP contribution in [-0.2, 0) is 10.8 Å². The minimum atomic E-state index is -0.121. The van der Waals surface area contributed by atoms with E-state index in [0.29, 0.717) is 0 Å². The normalized spacial score (nSPS) is 16.7. The van der Waals surface area contributed by atoms with Gasteiger partial charge >= 0.3 is 0 Å². The van der Waals surface area contributed by atoms with Gasteiger partial charge in [0.05, 0.1) is 17.1 Å². The molecule has 0 atom stereocenters. The van der Waals surface area contributed by atoms with Crippen molar-refractivity contribution in [3.8, 4) is 22.3 Å². The first-order chi connectivity index (χ1) is 18.4. The number of benzene rings is 5. The van der Waals surface area contributed by atoms with E-state index in [2.05, 4.69) is 136 Å². The van der Waals surface area contributed by atoms with Gasteiger partial charge in [-0.1, -0.05) is 118 Å². The molecule has 0 spiro atoms. The van der Waals surface area contributed by atoms with Crippen molar-refractivity contribution in [2.75, 3.05) is 4.90 Å². The van der Waals surface area contributed by atoms with Gasteiger partial charge in [0.15, 0.2) is 0 Å². The van der Waals surface area contributed by atoms with E-state index in [1.165, 1.54) is 71.4 Å². The molecule has 0 radical (unpaired) electrons. The highest BCUT2D eigenvalue weighted by Gasteiger charge is 2.48. The lowest BCUT2D eigenvalue weighted by Crippen LogP contribution is -2.39. The molecule has 0 fully saturated rings. The number of rotatable bonds is 2. The third-order valence-corrected chi connectivity index (χ3v) is 10.1. The molecule has 0 aliphatic carbocycles. The molecule has 3 heterocycles. The van der Waals surface area contributed by atoms with E-state index in [4.69, 9.17) is 0 Å². The molecule has 0 aromatic heterocycles. The SMILES string of the molecule is CC1(C)c2cccc3c2N2c4c(cccc4C(C)(C)c4cc(-c5ccccc5-c5ccccc5)cc1c42)S3. The second-order valence-corrected chi connectivity index (χ2v) is 12.9. The van der Waals surface area contributed by atoms with Gasteiger partial charge in [0.2, 0.25) is 0 Å². The molecular formula is C36H29NS. The standard InChI is InChI=1S/C36H29NS/c1-35(2)26-16-10-18-30-33(26)37-32-28(35)20-23(25-15-9-8-14-24(25)22-12-6-5-7-13-22)21-29(32)36(3,4)27-17-11-19-31(38-30)34(27)37/h5-21H,1-4H3. The summed E-state index contributed by atoms with van der Waals surface area (Å²) in [5, 5.41) is 0. The van der Waals surface area contributed by atoms with Crippen molar-refractivity contribution < 1.29 is 0 Å². The first-order valence-electron chi connectivity index (χ1n) is 13.5. The molecule has 3 aliphatic rings. The van der Waals surface area contributed by atoms with Crippen molar-refractivity contribution in [3.63, 3.8) is 0 Å². The lowest BCUT2D eigenvalue weighted by molar-refractivity contribution is 0.593. The van der Waals surface area contributed by atoms with Crippen molar-refractivity contribution in [3.05, 3.63) is 125 Å². The Bertz CT molecular complexity index is 1710. The van der Waals surface area contributed by atoms with Crippen LogP contribution in [0.15, 0.2) is 113 Å². The smallest absolute Gasteiger partial charge is 0.0642 e. The minimum Gasteiger partial charge on any atom is -0.307 e. The Hall–Kier alpha value is -3.75. The lowest BCUT2D eigenvalue weighted by Gasteiger charge is -2.52. The van der Waals surface area contributed by atoms with Crippen LogP contribution in [0.25, 0.3) is 22.3 Å². The molecular weight excluding hydrogens is 478 g/mol. The summed E-state index contributed by atoms with van der Waals surface area (Å²) in [6, 6.07) is 38.4. The molecule has 2 heteroatoms. The Morgan fingerprint density at radius 3 is 1.53 bits per heavy atom. The van der Waals surface area contributed by atoms with Gasteiger partial charge in [-0.25, -0.2) is 0 Å². The Balaban J connectivity index is 1.49. The molecule has 3 aliphatic heterocycles. The van der Waals surface area contributed by atoms with E-state index < -0.39 is 0 Å². The quantitative estimate of drug-likeness (QED) is 0.229. The number of anilines is 3. The van der Waals surface area contributed by atoms with E-state index in [9.17, 15) is 0 Å². The Morgan fingerprint density at radius 1 is 0.474 bits per heavy atom. The lowest BCUT2D eigenvalue weighted by atomic mass is 9.65. The maximum Gasteiger partial charge on any atom is 0.0642 e. The maximum absolute atomic E-state index is 2.61. The molecule has 0 saturated carbocycles. The van der Waals surface area contributed by atoms with Crippen molar-refractivity contribution in [1.82, 2.24) is 0 Å². The fraction of sp³-hybridized carbons (Fsp3) is 0.167. The van der Waals surface area contributed by atoms with Crippen LogP contribution in [0.2, 0.25) is 0 Å². The van der Waals surface area contributed by atoms with Gasteiger partial charge in [-0.2, -0.15) is 0 Å². The predicted octanol–water partition coefficient (Wildman–Crippen LogP) is 10.2. The Morgan fingerprint density at radius 2 is 0.974 bits per heavy atom. The summed E-state index contributed by atoms with van der Waals surface area (Å²) in [6.07, 6.45) is 0. The molecule has 1 nitrogen and oxygen atoms in total. The third kappa shape index (κ3) is 2.74. The molecule has 5 aromatic rings. The van der Waals surface area contributed by atoms with Gasteiger partial charge in [0.25, 0.3) is 0 Å². The van der Waals surface area contributed by atoms with E-state index in [-0.39, 0.29) is 10.8 Å². The molecule has 8 rings (SSSR count). The van der Waals surface area contributed by atoms with Crippen LogP contribution in [0.4, 0.5) is 17.1 Å². The maximum atomic E-state index is 2.61. The zero-order valence-electron chi connectivity index (χ0n) is 22.2. The summed E-state index contributed by atoms with van der Waals surface area (Å²) in [7, 11) is 0. The summed E-state index contributed by atoms with van der Waals surface area (Å²) < 4.78 is 0. The molecule has 0 amide bonds. The molecule has 38 heavy (non-hydrogen) atoms. The first-order valence-corrected chi connectivity index (χ1v) is 14.3. The van der Waals surface area contributed by atoms with Crippen LogP contribution >= 0.6 is 11.8 Å². The summed E-state index contributed by atoms with van der Waals surface area (Å²) in [6.45, 7) is 9.65. The van der Waals surface area contributed by atoms with Gasteiger partial charge in [-0.15, -0.1) is 0 Å². The summed E-state index contributed by atoms with van der Waals surface area (Å²) in [4.78, 5) is 5.32. The van der Waals surface area contributed by atoms with Gasteiger partial charge in [-0.05, 0) is 68.8 Å². The fourth-order valence-electron chi connectivity index (χ4n) is 7.01. The predicted molar refractivity (Wildman–Crippen MR) is 160 cm³/mol. The second-order valence-electron chi connectivity index (χ2n) is 11.8. The van der Waals surface area contributed by atoms with E-state index in [1.807, 2.05) is 11.8 Å². The van der Waals surface area contributed by atoms with Crippen LogP contribution in [0.3, 0.4) is 0 Å². The fourth-order valence-corrected chi connectivity index (χ4v) is 8.14. The summed E-state index contributed by atoms with van der Waals surface area (Å²) in [5.41, 5.74) is 14.7. The molecule has 184 valence electrons.